The van der Waals surface area contributed by atoms with Crippen LogP contribution in [0, 0.1) is 11.8 Å². The monoisotopic (exact) mass is 533 g/mol. The predicted molar refractivity (Wildman–Crippen MR) is 151 cm³/mol. The Morgan fingerprint density at radius 2 is 1.97 bits per heavy atom. The first-order valence-electron chi connectivity index (χ1n) is 13.9. The average Bonchev–Trinajstić information content (AvgIpc) is 3.48. The summed E-state index contributed by atoms with van der Waals surface area (Å²) < 4.78 is 13.5. The third kappa shape index (κ3) is 5.97. The highest BCUT2D eigenvalue weighted by atomic mass is 16.5. The molecule has 0 bridgehead atoms. The van der Waals surface area contributed by atoms with Gasteiger partial charge in [0.05, 0.1) is 13.7 Å². The van der Waals surface area contributed by atoms with E-state index in [4.69, 9.17) is 9.47 Å². The molecule has 3 amide bonds. The molecule has 0 spiro atoms. The van der Waals surface area contributed by atoms with Gasteiger partial charge >= 0.3 is 6.03 Å². The number of fused-ring (bicyclic) bond motifs is 1. The summed E-state index contributed by atoms with van der Waals surface area (Å²) in [5, 5.41) is 0.953. The third-order valence-corrected chi connectivity index (χ3v) is 7.94. The number of rotatable bonds is 11. The Kier molecular flexibility index (Phi) is 7.95. The van der Waals surface area contributed by atoms with Crippen molar-refractivity contribution >= 4 is 28.7 Å². The number of amides is 3. The molecule has 3 aromatic rings. The van der Waals surface area contributed by atoms with E-state index < -0.39 is 0 Å². The van der Waals surface area contributed by atoms with Crippen molar-refractivity contribution in [1.29, 1.82) is 0 Å². The molecule has 2 aliphatic rings. The third-order valence-electron chi connectivity index (χ3n) is 7.94. The normalized spacial score (nSPS) is 18.9. The Morgan fingerprint density at radius 3 is 2.72 bits per heavy atom. The van der Waals surface area contributed by atoms with E-state index in [1.165, 1.54) is 12.8 Å². The largest absolute Gasteiger partial charge is 0.493 e. The molecule has 2 atom stereocenters. The van der Waals surface area contributed by atoms with E-state index >= 15 is 0 Å². The van der Waals surface area contributed by atoms with Gasteiger partial charge in [-0.15, -0.1) is 0 Å². The van der Waals surface area contributed by atoms with Gasteiger partial charge in [0.2, 0.25) is 5.91 Å². The lowest BCUT2D eigenvalue weighted by molar-refractivity contribution is -0.129. The van der Waals surface area contributed by atoms with Crippen molar-refractivity contribution in [3.63, 3.8) is 0 Å². The highest BCUT2D eigenvalue weighted by molar-refractivity contribution is 5.93. The molecule has 1 aliphatic carbocycles. The van der Waals surface area contributed by atoms with Crippen LogP contribution in [0.4, 0.5) is 10.5 Å². The van der Waals surface area contributed by atoms with Crippen LogP contribution in [0.1, 0.15) is 38.2 Å². The van der Waals surface area contributed by atoms with Gasteiger partial charge in [0.25, 0.3) is 0 Å². The van der Waals surface area contributed by atoms with E-state index in [-0.39, 0.29) is 18.5 Å². The smallest absolute Gasteiger partial charge is 0.324 e. The van der Waals surface area contributed by atoms with E-state index in [9.17, 15) is 9.59 Å². The first kappa shape index (κ1) is 26.8. The number of aromatic nitrogens is 2. The van der Waals surface area contributed by atoms with Crippen LogP contribution >= 0.6 is 0 Å². The lowest BCUT2D eigenvalue weighted by Gasteiger charge is -2.36. The predicted octanol–water partition coefficient (Wildman–Crippen LogP) is 4.78. The topological polar surface area (TPSA) is 80.1 Å². The quantitative estimate of drug-likeness (QED) is 0.332. The fourth-order valence-electron chi connectivity index (χ4n) is 5.35. The molecule has 3 heterocycles. The number of carbonyl (C=O) groups is 2. The summed E-state index contributed by atoms with van der Waals surface area (Å²) in [4.78, 5) is 35.7. The van der Waals surface area contributed by atoms with Gasteiger partial charge in [-0.2, -0.15) is 0 Å². The van der Waals surface area contributed by atoms with Crippen molar-refractivity contribution in [2.24, 2.45) is 11.8 Å². The van der Waals surface area contributed by atoms with Gasteiger partial charge in [0.15, 0.2) is 11.5 Å². The van der Waals surface area contributed by atoms with Crippen molar-refractivity contribution < 1.29 is 19.1 Å². The maximum Gasteiger partial charge on any atom is 0.324 e. The van der Waals surface area contributed by atoms with Crippen LogP contribution in [0.25, 0.3) is 11.0 Å². The molecule has 5 rings (SSSR count). The van der Waals surface area contributed by atoms with Crippen LogP contribution < -0.4 is 14.4 Å². The number of ether oxygens (including phenoxy) is 2. The van der Waals surface area contributed by atoms with Crippen LogP contribution in [-0.2, 0) is 17.9 Å². The average molecular weight is 534 g/mol. The Hall–Kier alpha value is -3.75. The van der Waals surface area contributed by atoms with Gasteiger partial charge in [-0.25, -0.2) is 9.78 Å². The number of anilines is 1. The number of hydrogen-bond acceptors (Lipinski definition) is 5. The molecular formula is C30H39N5O4. The van der Waals surface area contributed by atoms with Crippen molar-refractivity contribution in [3.8, 4) is 11.5 Å². The number of carbonyl (C=O) groups excluding carboxylic acids is 2. The summed E-state index contributed by atoms with van der Waals surface area (Å²) in [7, 11) is 5.13. The Labute approximate surface area is 230 Å². The molecule has 2 aromatic heterocycles. The summed E-state index contributed by atoms with van der Waals surface area (Å²) >= 11 is 0. The van der Waals surface area contributed by atoms with Crippen molar-refractivity contribution in [2.75, 3.05) is 45.8 Å². The Bertz CT molecular complexity index is 1340. The van der Waals surface area contributed by atoms with Crippen LogP contribution in [0.15, 0.2) is 42.7 Å². The van der Waals surface area contributed by atoms with Gasteiger partial charge < -0.3 is 23.8 Å². The number of likely N-dealkylation sites (N-methyl/N-ethyl adjacent to an activating group) is 1. The number of benzene rings is 1. The molecule has 208 valence electrons. The maximum absolute atomic E-state index is 13.6. The van der Waals surface area contributed by atoms with Crippen molar-refractivity contribution in [2.45, 2.75) is 45.7 Å². The Morgan fingerprint density at radius 1 is 1.15 bits per heavy atom. The molecule has 0 radical (unpaired) electrons. The second kappa shape index (κ2) is 11.6. The van der Waals surface area contributed by atoms with Gasteiger partial charge in [0.1, 0.15) is 12.2 Å². The number of urea groups is 1. The van der Waals surface area contributed by atoms with E-state index in [0.29, 0.717) is 37.7 Å². The summed E-state index contributed by atoms with van der Waals surface area (Å²) in [5.41, 5.74) is 2.57. The summed E-state index contributed by atoms with van der Waals surface area (Å²) in [6, 6.07) is 9.62. The van der Waals surface area contributed by atoms with Crippen LogP contribution in [-0.4, -0.2) is 72.2 Å². The van der Waals surface area contributed by atoms with Gasteiger partial charge in [-0.05, 0) is 67.3 Å². The number of hydrogen-bond donors (Lipinski definition) is 0. The molecule has 0 unspecified atom stereocenters. The Balaban J connectivity index is 1.28. The molecular weight excluding hydrogens is 494 g/mol. The van der Waals surface area contributed by atoms with Gasteiger partial charge in [-0.1, -0.05) is 6.92 Å². The minimum Gasteiger partial charge on any atom is -0.493 e. The molecule has 1 aliphatic heterocycles. The van der Waals surface area contributed by atoms with Gasteiger partial charge in [-0.3, -0.25) is 9.69 Å². The van der Waals surface area contributed by atoms with Crippen LogP contribution in [0.5, 0.6) is 11.5 Å². The first-order valence-corrected chi connectivity index (χ1v) is 13.9. The molecule has 1 aromatic carbocycles. The van der Waals surface area contributed by atoms with Gasteiger partial charge in [0, 0.05) is 63.3 Å². The second-order valence-corrected chi connectivity index (χ2v) is 10.9. The fourth-order valence-corrected chi connectivity index (χ4v) is 5.35. The zero-order valence-corrected chi connectivity index (χ0v) is 23.4. The maximum atomic E-state index is 13.6. The highest BCUT2D eigenvalue weighted by Crippen LogP contribution is 2.41. The van der Waals surface area contributed by atoms with E-state index in [0.717, 1.165) is 47.0 Å². The van der Waals surface area contributed by atoms with Crippen LogP contribution in [0.3, 0.4) is 0 Å². The first-order chi connectivity index (χ1) is 18.9. The van der Waals surface area contributed by atoms with Crippen molar-refractivity contribution in [1.82, 2.24) is 19.4 Å². The lowest BCUT2D eigenvalue weighted by Crippen LogP contribution is -2.49. The molecule has 1 saturated carbocycles. The number of pyridine rings is 1. The highest BCUT2D eigenvalue weighted by Gasteiger charge is 2.31. The minimum absolute atomic E-state index is 0.00176. The van der Waals surface area contributed by atoms with E-state index in [1.54, 1.807) is 32.3 Å². The minimum atomic E-state index is -0.0349. The fraction of sp³-hybridized carbons (Fsp3) is 0.500. The summed E-state index contributed by atoms with van der Waals surface area (Å²) in [5.74, 6) is 3.05. The molecule has 1 saturated heterocycles. The summed E-state index contributed by atoms with van der Waals surface area (Å²) in [6.07, 6.45) is 8.04. The van der Waals surface area contributed by atoms with E-state index in [2.05, 4.69) is 11.9 Å². The number of nitrogens with zero attached hydrogens (tertiary/aromatic N) is 5. The molecule has 0 N–H and O–H groups in total. The molecule has 9 nitrogen and oxygen atoms in total. The standard InChI is InChI=1S/C30H39N5O4/c1-21-17-22(21)7-5-16-39-27-18-24(8-9-26(27)38-4)35-14-6-13-34(30(35)37)19-23-10-12-31-29-25(23)11-15-33(29)20-28(36)32(2)3/h8-12,15,18,21-22H,5-7,13-14,16-17,19-20H2,1-4H3/t21-,22+/m0/s1. The molecule has 39 heavy (non-hydrogen) atoms. The zero-order valence-electron chi connectivity index (χ0n) is 23.4. The van der Waals surface area contributed by atoms with Crippen LogP contribution in [0.2, 0.25) is 0 Å². The summed E-state index contributed by atoms with van der Waals surface area (Å²) in [6.45, 7) is 4.97. The number of methoxy groups -OCH3 is 1. The van der Waals surface area contributed by atoms with Crippen molar-refractivity contribution in [3.05, 3.63) is 48.3 Å². The second-order valence-electron chi connectivity index (χ2n) is 10.9. The zero-order chi connectivity index (χ0) is 27.5. The lowest BCUT2D eigenvalue weighted by atomic mass is 10.1. The molecule has 9 heteroatoms. The van der Waals surface area contributed by atoms with E-state index in [1.807, 2.05) is 50.9 Å². The molecule has 2 fully saturated rings. The SMILES string of the molecule is COc1ccc(N2CCCN(Cc3ccnc4c3ccn4CC(=O)N(C)C)C2=O)cc1OCCC[C@@H]1C[C@@H]1C.